The van der Waals surface area contributed by atoms with Crippen LogP contribution in [0.3, 0.4) is 0 Å². The third kappa shape index (κ3) is 5.28. The third-order valence-corrected chi connectivity index (χ3v) is 7.92. The zero-order valence-corrected chi connectivity index (χ0v) is 21.8. The van der Waals surface area contributed by atoms with Crippen LogP contribution in [0.15, 0.2) is 21.8 Å². The van der Waals surface area contributed by atoms with Crippen molar-refractivity contribution in [1.82, 2.24) is 15.2 Å². The summed E-state index contributed by atoms with van der Waals surface area (Å²) in [4.78, 5) is 47.7. The average molecular weight is 553 g/mol. The minimum atomic E-state index is -1.37. The molecule has 4 rings (SSSR count). The van der Waals surface area contributed by atoms with Crippen molar-refractivity contribution in [1.29, 1.82) is 0 Å². The van der Waals surface area contributed by atoms with Gasteiger partial charge < -0.3 is 30.3 Å². The number of carboxylic acid groups (broad SMARTS) is 1. The molecule has 2 amide bonds. The van der Waals surface area contributed by atoms with Gasteiger partial charge in [-0.25, -0.2) is 4.98 Å². The minimum Gasteiger partial charge on any atom is -0.543 e. The topological polar surface area (TPSA) is 150 Å². The molecule has 1 aromatic rings. The number of thioether (sulfide) groups is 1. The molecule has 2 atom stereocenters. The molecule has 3 aliphatic heterocycles. The summed E-state index contributed by atoms with van der Waals surface area (Å²) < 4.78 is 0.757. The summed E-state index contributed by atoms with van der Waals surface area (Å²) in [6.45, 7) is 2.53. The second-order valence-corrected chi connectivity index (χ2v) is 10.2. The minimum absolute atomic E-state index is 0. The zero-order valence-electron chi connectivity index (χ0n) is 18.5. The Labute approximate surface area is 217 Å². The first-order valence-electron chi connectivity index (χ1n) is 10.1. The van der Waals surface area contributed by atoms with Crippen molar-refractivity contribution >= 4 is 76.5 Å². The van der Waals surface area contributed by atoms with E-state index in [1.165, 1.54) is 23.8 Å². The molecule has 2 fully saturated rings. The van der Waals surface area contributed by atoms with Crippen molar-refractivity contribution < 1.29 is 28.8 Å². The van der Waals surface area contributed by atoms with Crippen molar-refractivity contribution in [3.05, 3.63) is 22.3 Å². The Hall–Kier alpha value is -2.06. The molecule has 0 spiro atoms. The number of carbonyl (C=O) groups is 3. The van der Waals surface area contributed by atoms with Crippen LogP contribution in [0.4, 0.5) is 5.13 Å². The quantitative estimate of drug-likeness (QED) is 0.200. The number of anilines is 1. The summed E-state index contributed by atoms with van der Waals surface area (Å²) in [5.41, 5.74) is 6.39. The molecular formula is C19H26Cl2N6O5S2. The van der Waals surface area contributed by atoms with Crippen LogP contribution in [0.5, 0.6) is 0 Å². The summed E-state index contributed by atoms with van der Waals surface area (Å²) >= 11 is 2.57. The second kappa shape index (κ2) is 11.1. The number of aromatic nitrogens is 1. The van der Waals surface area contributed by atoms with Crippen LogP contribution < -0.4 is 16.2 Å². The van der Waals surface area contributed by atoms with Crippen molar-refractivity contribution in [2.24, 2.45) is 5.16 Å². The Kier molecular flexibility index (Phi) is 9.22. The summed E-state index contributed by atoms with van der Waals surface area (Å²) in [6, 6.07) is -0.891. The molecule has 4 heterocycles. The van der Waals surface area contributed by atoms with Gasteiger partial charge in [0.25, 0.3) is 11.8 Å². The molecule has 0 bridgehead atoms. The Morgan fingerprint density at radius 3 is 2.62 bits per heavy atom. The van der Waals surface area contributed by atoms with Gasteiger partial charge in [0.15, 0.2) is 10.8 Å². The van der Waals surface area contributed by atoms with Crippen LogP contribution in [0, 0.1) is 0 Å². The fraction of sp³-hybridized carbons (Fsp3) is 0.526. The van der Waals surface area contributed by atoms with Gasteiger partial charge in [-0.2, -0.15) is 0 Å². The molecular weight excluding hydrogens is 527 g/mol. The van der Waals surface area contributed by atoms with Crippen LogP contribution in [-0.4, -0.2) is 88.8 Å². The van der Waals surface area contributed by atoms with E-state index in [-0.39, 0.29) is 47.0 Å². The number of hydrogen-bond acceptors (Lipinski definition) is 10. The maximum Gasteiger partial charge on any atom is 0.276 e. The summed E-state index contributed by atoms with van der Waals surface area (Å²) in [5, 5.41) is 19.6. The Bertz CT molecular complexity index is 1030. The van der Waals surface area contributed by atoms with E-state index in [4.69, 9.17) is 10.6 Å². The first-order chi connectivity index (χ1) is 15.2. The molecule has 1 aromatic heterocycles. The molecule has 34 heavy (non-hydrogen) atoms. The number of nitrogen functional groups attached to an aromatic ring is 1. The molecule has 0 aliphatic carbocycles. The normalized spacial score (nSPS) is 23.3. The molecule has 1 unspecified atom stereocenters. The van der Waals surface area contributed by atoms with E-state index >= 15 is 0 Å². The van der Waals surface area contributed by atoms with Crippen molar-refractivity contribution in [2.75, 3.05) is 45.3 Å². The lowest BCUT2D eigenvalue weighted by Gasteiger charge is -2.51. The van der Waals surface area contributed by atoms with Gasteiger partial charge in [0.1, 0.15) is 30.8 Å². The van der Waals surface area contributed by atoms with Crippen LogP contribution in [0.1, 0.15) is 18.5 Å². The number of β-lactam (4-membered cyclic amide) rings is 1. The number of fused-ring (bicyclic) bond motifs is 1. The van der Waals surface area contributed by atoms with Gasteiger partial charge in [-0.1, -0.05) is 5.16 Å². The molecule has 11 nitrogen and oxygen atoms in total. The van der Waals surface area contributed by atoms with Crippen LogP contribution in [0.25, 0.3) is 0 Å². The number of aliphatic carboxylic acids is 1. The fourth-order valence-electron chi connectivity index (χ4n) is 4.41. The highest BCUT2D eigenvalue weighted by Gasteiger charge is 2.53. The number of rotatable bonds is 7. The number of oxime groups is 1. The maximum absolute atomic E-state index is 12.9. The monoisotopic (exact) mass is 552 g/mol. The molecule has 0 radical (unpaired) electrons. The Balaban J connectivity index is 0.00000204. The van der Waals surface area contributed by atoms with E-state index in [0.29, 0.717) is 17.9 Å². The van der Waals surface area contributed by atoms with E-state index in [1.807, 2.05) is 0 Å². The van der Waals surface area contributed by atoms with E-state index in [0.717, 1.165) is 41.8 Å². The number of thiazole rings is 1. The Morgan fingerprint density at radius 2 is 2.06 bits per heavy atom. The molecule has 3 aliphatic rings. The standard InChI is InChI=1S/C19H24N6O5S2.2ClH/c1-25(5-3-4-6-25)7-10-8-31-17-13(16(27)24(17)14(10)18(28)29)22-15(26)12(23-30-2)11-9-32-19(20)21-11;;/h9,13,17H,3-8H2,1-2H3,(H3-,20,21,22,26,28,29);2*1H/b23-12-;;/t13?,17-;;/m0../s1. The fourth-order valence-corrected chi connectivity index (χ4v) is 6.30. The number of nitrogens with one attached hydrogen (secondary N) is 1. The zero-order chi connectivity index (χ0) is 23.0. The second-order valence-electron chi connectivity index (χ2n) is 8.23. The molecule has 188 valence electrons. The number of halogens is 2. The first kappa shape index (κ1) is 28.2. The lowest BCUT2D eigenvalue weighted by atomic mass is 10.0. The van der Waals surface area contributed by atoms with Crippen molar-refractivity contribution in [3.8, 4) is 0 Å². The van der Waals surface area contributed by atoms with Crippen molar-refractivity contribution in [2.45, 2.75) is 24.3 Å². The van der Waals surface area contributed by atoms with Gasteiger partial charge in [0, 0.05) is 29.5 Å². The molecule has 3 N–H and O–H groups in total. The number of nitrogens with two attached hydrogens (primary N) is 1. The van der Waals surface area contributed by atoms with Crippen LogP contribution in [-0.2, 0) is 19.2 Å². The number of nitrogens with zero attached hydrogens (tertiary/aromatic N) is 4. The van der Waals surface area contributed by atoms with Gasteiger partial charge in [0.2, 0.25) is 0 Å². The van der Waals surface area contributed by atoms with E-state index in [2.05, 4.69) is 22.5 Å². The highest BCUT2D eigenvalue weighted by molar-refractivity contribution is 8.00. The molecule has 15 heteroatoms. The predicted octanol–water partition coefficient (Wildman–Crippen LogP) is -0.436. The highest BCUT2D eigenvalue weighted by Crippen LogP contribution is 2.41. The van der Waals surface area contributed by atoms with E-state index in [1.54, 1.807) is 5.38 Å². The van der Waals surface area contributed by atoms with Crippen LogP contribution in [0.2, 0.25) is 0 Å². The van der Waals surface area contributed by atoms with Gasteiger partial charge in [-0.05, 0) is 0 Å². The van der Waals surface area contributed by atoms with Gasteiger partial charge in [0.05, 0.1) is 31.8 Å². The van der Waals surface area contributed by atoms with Gasteiger partial charge >= 0.3 is 0 Å². The SMILES string of the molecule is CO/N=C(\C(=O)NC1C(=O)N2C(C(=O)[O-])=C(C[N+]3(C)CCCC3)CS[C@@H]12)c1csc(N)n1.Cl.Cl. The number of carbonyl (C=O) groups excluding carboxylic acids is 3. The van der Waals surface area contributed by atoms with E-state index in [9.17, 15) is 19.5 Å². The van der Waals surface area contributed by atoms with Gasteiger partial charge in [-0.15, -0.1) is 47.9 Å². The predicted molar refractivity (Wildman–Crippen MR) is 132 cm³/mol. The lowest BCUT2D eigenvalue weighted by molar-refractivity contribution is -0.893. The summed E-state index contributed by atoms with van der Waals surface area (Å²) in [6.07, 6.45) is 2.21. The number of carboxylic acids is 1. The van der Waals surface area contributed by atoms with E-state index < -0.39 is 29.2 Å². The highest BCUT2D eigenvalue weighted by atomic mass is 35.5. The molecule has 2 saturated heterocycles. The largest absolute Gasteiger partial charge is 0.543 e. The molecule has 0 saturated carbocycles. The number of amides is 2. The lowest BCUT2D eigenvalue weighted by Crippen LogP contribution is -2.71. The van der Waals surface area contributed by atoms with Crippen molar-refractivity contribution in [3.63, 3.8) is 0 Å². The average Bonchev–Trinajstić information content (AvgIpc) is 3.37. The van der Waals surface area contributed by atoms with Crippen LogP contribution >= 0.6 is 47.9 Å². The van der Waals surface area contributed by atoms with Gasteiger partial charge in [-0.3, -0.25) is 14.5 Å². The molecule has 0 aromatic carbocycles. The number of likely N-dealkylation sites (tertiary alicyclic amines) is 1. The number of quaternary nitrogens is 1. The summed E-state index contributed by atoms with van der Waals surface area (Å²) in [7, 11) is 3.39. The smallest absolute Gasteiger partial charge is 0.276 e. The third-order valence-electron chi connectivity index (χ3n) is 5.91. The Morgan fingerprint density at radius 1 is 1.38 bits per heavy atom. The maximum atomic E-state index is 12.9. The summed E-state index contributed by atoms with van der Waals surface area (Å²) in [5.74, 6) is -2.06. The number of likely N-dealkylation sites (N-methyl/N-ethyl adjacent to an activating group) is 1. The number of hydrogen-bond donors (Lipinski definition) is 2. The first-order valence-corrected chi connectivity index (χ1v) is 12.0.